The maximum atomic E-state index is 12.2. The van der Waals surface area contributed by atoms with E-state index in [2.05, 4.69) is 10.3 Å². The molecule has 6 heteroatoms. The first-order valence-electron chi connectivity index (χ1n) is 8.23. The maximum absolute atomic E-state index is 12.2. The van der Waals surface area contributed by atoms with Crippen LogP contribution in [0.4, 0.5) is 0 Å². The molecule has 0 fully saturated rings. The third kappa shape index (κ3) is 3.69. The van der Waals surface area contributed by atoms with Crippen LogP contribution >= 0.6 is 0 Å². The lowest BCUT2D eigenvalue weighted by Crippen LogP contribution is -2.21. The Morgan fingerprint density at radius 1 is 1.19 bits per heavy atom. The number of methoxy groups -OCH3 is 2. The van der Waals surface area contributed by atoms with E-state index in [1.807, 2.05) is 47.9 Å². The van der Waals surface area contributed by atoms with Gasteiger partial charge in [-0.2, -0.15) is 0 Å². The average molecular weight is 351 g/mol. The summed E-state index contributed by atoms with van der Waals surface area (Å²) in [6.07, 6.45) is 5.18. The predicted molar refractivity (Wildman–Crippen MR) is 100 cm³/mol. The number of hydrogen-bond donors (Lipinski definition) is 1. The van der Waals surface area contributed by atoms with Crippen LogP contribution < -0.4 is 14.8 Å². The molecule has 0 saturated carbocycles. The van der Waals surface area contributed by atoms with Crippen molar-refractivity contribution in [3.63, 3.8) is 0 Å². The van der Waals surface area contributed by atoms with Crippen molar-refractivity contribution in [3.05, 3.63) is 65.6 Å². The van der Waals surface area contributed by atoms with Crippen molar-refractivity contribution in [2.75, 3.05) is 14.2 Å². The van der Waals surface area contributed by atoms with Crippen LogP contribution in [0.25, 0.3) is 11.7 Å². The topological polar surface area (TPSA) is 64.9 Å². The third-order valence-electron chi connectivity index (χ3n) is 4.09. The molecule has 26 heavy (non-hydrogen) atoms. The van der Waals surface area contributed by atoms with E-state index in [0.717, 1.165) is 22.6 Å². The second kappa shape index (κ2) is 7.74. The molecule has 0 saturated heterocycles. The van der Waals surface area contributed by atoms with Gasteiger partial charge in [-0.1, -0.05) is 12.1 Å². The van der Waals surface area contributed by atoms with Gasteiger partial charge in [0.25, 0.3) is 0 Å². The molecule has 0 aliphatic rings. The van der Waals surface area contributed by atoms with E-state index in [1.165, 1.54) is 6.08 Å². The van der Waals surface area contributed by atoms with Gasteiger partial charge >= 0.3 is 0 Å². The van der Waals surface area contributed by atoms with E-state index in [0.29, 0.717) is 18.0 Å². The molecule has 1 aromatic carbocycles. The third-order valence-corrected chi connectivity index (χ3v) is 4.09. The molecule has 0 aliphatic carbocycles. The fraction of sp³-hybridized carbons (Fsp3) is 0.200. The summed E-state index contributed by atoms with van der Waals surface area (Å²) in [6, 6.07) is 11.3. The van der Waals surface area contributed by atoms with Crippen molar-refractivity contribution < 1.29 is 14.3 Å². The number of nitrogens with zero attached hydrogens (tertiary/aromatic N) is 2. The maximum Gasteiger partial charge on any atom is 0.244 e. The van der Waals surface area contributed by atoms with E-state index in [-0.39, 0.29) is 5.91 Å². The second-order valence-corrected chi connectivity index (χ2v) is 5.74. The zero-order valence-corrected chi connectivity index (χ0v) is 15.0. The number of benzene rings is 1. The first-order valence-corrected chi connectivity index (χ1v) is 8.23. The minimum Gasteiger partial charge on any atom is -0.493 e. The Hall–Kier alpha value is -3.28. The van der Waals surface area contributed by atoms with Crippen LogP contribution in [0, 0.1) is 6.92 Å². The number of hydrogen-bond acceptors (Lipinski definition) is 4. The first-order chi connectivity index (χ1) is 12.6. The van der Waals surface area contributed by atoms with E-state index >= 15 is 0 Å². The van der Waals surface area contributed by atoms with Gasteiger partial charge in [-0.05, 0) is 42.8 Å². The van der Waals surface area contributed by atoms with Crippen molar-refractivity contribution >= 4 is 17.6 Å². The van der Waals surface area contributed by atoms with Gasteiger partial charge in [0.15, 0.2) is 11.5 Å². The number of carbonyl (C=O) groups is 1. The van der Waals surface area contributed by atoms with E-state index in [1.54, 1.807) is 26.4 Å². The summed E-state index contributed by atoms with van der Waals surface area (Å²) in [7, 11) is 3.17. The van der Waals surface area contributed by atoms with E-state index in [9.17, 15) is 4.79 Å². The van der Waals surface area contributed by atoms with Crippen molar-refractivity contribution in [2.24, 2.45) is 0 Å². The lowest BCUT2D eigenvalue weighted by atomic mass is 10.2. The number of ether oxygens (including phenoxy) is 2. The van der Waals surface area contributed by atoms with Gasteiger partial charge in [-0.15, -0.1) is 0 Å². The van der Waals surface area contributed by atoms with Crippen LogP contribution in [-0.2, 0) is 11.3 Å². The van der Waals surface area contributed by atoms with Gasteiger partial charge in [0.05, 0.1) is 32.2 Å². The number of imidazole rings is 1. The minimum atomic E-state index is -0.176. The quantitative estimate of drug-likeness (QED) is 0.694. The second-order valence-electron chi connectivity index (χ2n) is 5.74. The van der Waals surface area contributed by atoms with Gasteiger partial charge < -0.3 is 19.2 Å². The summed E-state index contributed by atoms with van der Waals surface area (Å²) >= 11 is 0. The molecule has 2 heterocycles. The molecule has 2 aromatic heterocycles. The molecule has 0 bridgehead atoms. The minimum absolute atomic E-state index is 0.176. The summed E-state index contributed by atoms with van der Waals surface area (Å²) in [5.74, 6) is 1.10. The molecular formula is C20H21N3O3. The van der Waals surface area contributed by atoms with Crippen molar-refractivity contribution in [3.8, 4) is 11.5 Å². The summed E-state index contributed by atoms with van der Waals surface area (Å²) in [6.45, 7) is 2.35. The summed E-state index contributed by atoms with van der Waals surface area (Å²) in [5.41, 5.74) is 3.59. The number of fused-ring (bicyclic) bond motifs is 1. The molecule has 0 aliphatic heterocycles. The Morgan fingerprint density at radius 2 is 2.00 bits per heavy atom. The fourth-order valence-electron chi connectivity index (χ4n) is 2.74. The molecule has 3 rings (SSSR count). The normalized spacial score (nSPS) is 11.0. The van der Waals surface area contributed by atoms with Crippen LogP contribution in [-0.4, -0.2) is 29.5 Å². The van der Waals surface area contributed by atoms with Crippen LogP contribution in [0.3, 0.4) is 0 Å². The van der Waals surface area contributed by atoms with Crippen LogP contribution in [0.1, 0.15) is 17.0 Å². The average Bonchev–Trinajstić information content (AvgIpc) is 2.99. The monoisotopic (exact) mass is 351 g/mol. The Kier molecular flexibility index (Phi) is 5.22. The molecule has 1 N–H and O–H groups in total. The fourth-order valence-corrected chi connectivity index (χ4v) is 2.74. The molecular weight excluding hydrogens is 330 g/mol. The molecule has 0 spiro atoms. The highest BCUT2D eigenvalue weighted by Crippen LogP contribution is 2.27. The molecule has 0 unspecified atom stereocenters. The number of pyridine rings is 1. The summed E-state index contributed by atoms with van der Waals surface area (Å²) in [4.78, 5) is 16.6. The van der Waals surface area contributed by atoms with Crippen molar-refractivity contribution in [2.45, 2.75) is 13.5 Å². The SMILES string of the molecule is COc1ccc(/C=C/C(=O)NCc2c(C)nc3ccccn23)cc1OC. The smallest absolute Gasteiger partial charge is 0.244 e. The number of nitrogens with one attached hydrogen (secondary N) is 1. The zero-order chi connectivity index (χ0) is 18.5. The molecule has 0 atom stereocenters. The molecule has 3 aromatic rings. The predicted octanol–water partition coefficient (Wildman–Crippen LogP) is 2.99. The summed E-state index contributed by atoms with van der Waals surface area (Å²) < 4.78 is 12.5. The highest BCUT2D eigenvalue weighted by atomic mass is 16.5. The number of amides is 1. The molecule has 1 amide bonds. The van der Waals surface area contributed by atoms with Gasteiger partial charge in [0.1, 0.15) is 5.65 Å². The van der Waals surface area contributed by atoms with E-state index < -0.39 is 0 Å². The highest BCUT2D eigenvalue weighted by molar-refractivity contribution is 5.91. The molecule has 134 valence electrons. The summed E-state index contributed by atoms with van der Waals surface area (Å²) in [5, 5.41) is 2.90. The van der Waals surface area contributed by atoms with Crippen molar-refractivity contribution in [1.29, 1.82) is 0 Å². The number of carbonyl (C=O) groups excluding carboxylic acids is 1. The van der Waals surface area contributed by atoms with Crippen molar-refractivity contribution in [1.82, 2.24) is 14.7 Å². The van der Waals surface area contributed by atoms with Gasteiger partial charge in [0.2, 0.25) is 5.91 Å². The molecule has 0 radical (unpaired) electrons. The van der Waals surface area contributed by atoms with Gasteiger partial charge in [-0.3, -0.25) is 4.79 Å². The largest absolute Gasteiger partial charge is 0.493 e. The Bertz CT molecular complexity index is 960. The first kappa shape index (κ1) is 17.5. The van der Waals surface area contributed by atoms with E-state index in [4.69, 9.17) is 9.47 Å². The highest BCUT2D eigenvalue weighted by Gasteiger charge is 2.08. The number of rotatable bonds is 6. The van der Waals surface area contributed by atoms with Crippen LogP contribution in [0.15, 0.2) is 48.7 Å². The lowest BCUT2D eigenvalue weighted by molar-refractivity contribution is -0.116. The zero-order valence-electron chi connectivity index (χ0n) is 15.0. The standard InChI is InChI=1S/C20H21N3O3/c1-14-16(23-11-5-4-6-19(23)22-14)13-21-20(24)10-8-15-7-9-17(25-2)18(12-15)26-3/h4-12H,13H2,1-3H3,(H,21,24)/b10-8+. The Labute approximate surface area is 152 Å². The van der Waals surface area contributed by atoms with Gasteiger partial charge in [0, 0.05) is 12.3 Å². The van der Waals surface area contributed by atoms with Crippen LogP contribution in [0.5, 0.6) is 11.5 Å². The number of aryl methyl sites for hydroxylation is 1. The van der Waals surface area contributed by atoms with Gasteiger partial charge in [-0.25, -0.2) is 4.98 Å². The van der Waals surface area contributed by atoms with Crippen LogP contribution in [0.2, 0.25) is 0 Å². The lowest BCUT2D eigenvalue weighted by Gasteiger charge is -2.07. The Morgan fingerprint density at radius 3 is 2.77 bits per heavy atom. The number of aromatic nitrogens is 2. The molecule has 6 nitrogen and oxygen atoms in total. The Balaban J connectivity index is 1.67.